The molecule has 2 aromatic heterocycles. The molecule has 1 amide bonds. The van der Waals surface area contributed by atoms with Crippen LogP contribution in [0.25, 0.3) is 23.1 Å². The number of ether oxygens (including phenoxy) is 1. The minimum Gasteiger partial charge on any atom is -0.497 e. The number of anilines is 1. The summed E-state index contributed by atoms with van der Waals surface area (Å²) in [6, 6.07) is 14.5. The zero-order chi connectivity index (χ0) is 22.0. The highest BCUT2D eigenvalue weighted by atomic mass is 79.9. The Labute approximate surface area is 186 Å². The Hall–Kier alpha value is -3.65. The molecule has 0 bridgehead atoms. The van der Waals surface area contributed by atoms with E-state index in [4.69, 9.17) is 19.1 Å². The van der Waals surface area contributed by atoms with Crippen LogP contribution in [0.15, 0.2) is 61.9 Å². The molecule has 2 heterocycles. The summed E-state index contributed by atoms with van der Waals surface area (Å²) in [6.07, 6.45) is 3.56. The minimum absolute atomic E-state index is 0.108. The number of aromatic nitrogens is 1. The van der Waals surface area contributed by atoms with Crippen LogP contribution in [0.1, 0.15) is 27.4 Å². The van der Waals surface area contributed by atoms with Crippen molar-refractivity contribution in [1.82, 2.24) is 5.16 Å². The lowest BCUT2D eigenvalue weighted by Crippen LogP contribution is -2.21. The van der Waals surface area contributed by atoms with Gasteiger partial charge in [0.05, 0.1) is 7.11 Å². The largest absolute Gasteiger partial charge is 0.497 e. The smallest absolute Gasteiger partial charge is 0.261 e. The summed E-state index contributed by atoms with van der Waals surface area (Å²) in [7, 11) is 1.61. The Morgan fingerprint density at radius 1 is 1.16 bits per heavy atom. The summed E-state index contributed by atoms with van der Waals surface area (Å²) >= 11 is 3.40. The second-order valence-electron chi connectivity index (χ2n) is 6.74. The van der Waals surface area contributed by atoms with Crippen molar-refractivity contribution in [2.75, 3.05) is 12.4 Å². The lowest BCUT2D eigenvalue weighted by atomic mass is 10.1. The highest BCUT2D eigenvalue weighted by molar-refractivity contribution is 9.10. The second kappa shape index (κ2) is 8.61. The van der Waals surface area contributed by atoms with Crippen LogP contribution >= 0.6 is 15.9 Å². The fraction of sp³-hybridized carbons (Fsp3) is 0.0870. The van der Waals surface area contributed by atoms with Crippen molar-refractivity contribution in [3.05, 3.63) is 81.1 Å². The molecule has 0 atom stereocenters. The zero-order valence-corrected chi connectivity index (χ0v) is 18.3. The van der Waals surface area contributed by atoms with E-state index in [1.807, 2.05) is 42.5 Å². The molecule has 0 radical (unpaired) electrons. The molecular formula is C23H18BrN3O4. The van der Waals surface area contributed by atoms with Crippen LogP contribution in [0, 0.1) is 12.3 Å². The van der Waals surface area contributed by atoms with Crippen LogP contribution < -0.4 is 15.6 Å². The number of benzene rings is 2. The zero-order valence-electron chi connectivity index (χ0n) is 16.7. The number of amides is 1. The summed E-state index contributed by atoms with van der Waals surface area (Å²) in [5, 5.41) is 15.5. The lowest BCUT2D eigenvalue weighted by molar-refractivity contribution is 0.102. The Morgan fingerprint density at radius 3 is 2.68 bits per heavy atom. The lowest BCUT2D eigenvalue weighted by Gasteiger charge is -2.06. The fourth-order valence-corrected chi connectivity index (χ4v) is 3.38. The Bertz CT molecular complexity index is 1350. The Kier molecular flexibility index (Phi) is 5.73. The number of nitrogens with zero attached hydrogens (tertiary/aromatic N) is 1. The second-order valence-corrected chi connectivity index (χ2v) is 7.65. The topological polar surface area (TPSA) is 101 Å². The summed E-state index contributed by atoms with van der Waals surface area (Å²) in [6.45, 7) is 1.73. The van der Waals surface area contributed by atoms with Gasteiger partial charge in [-0.15, -0.1) is 0 Å². The van der Waals surface area contributed by atoms with Crippen LogP contribution in [0.4, 0.5) is 5.69 Å². The Balaban J connectivity index is 1.61. The summed E-state index contributed by atoms with van der Waals surface area (Å²) < 4.78 is 16.9. The molecule has 0 saturated carbocycles. The average molecular weight is 480 g/mol. The maximum absolute atomic E-state index is 12.9. The molecule has 2 N–H and O–H groups in total. The molecule has 156 valence electrons. The van der Waals surface area contributed by atoms with Gasteiger partial charge in [-0.1, -0.05) is 39.3 Å². The molecule has 0 saturated heterocycles. The van der Waals surface area contributed by atoms with Gasteiger partial charge in [0, 0.05) is 9.86 Å². The van der Waals surface area contributed by atoms with Gasteiger partial charge in [-0.2, -0.15) is 0 Å². The molecule has 0 aliphatic carbocycles. The SMILES string of the molecule is COc1ccc(/C=C/c2onc(C)c2NC(=O)c2cc3cc(Br)ccc3oc2=N)cc1. The van der Waals surface area contributed by atoms with Crippen molar-refractivity contribution >= 4 is 50.6 Å². The first-order valence-corrected chi connectivity index (χ1v) is 10.1. The number of carbonyl (C=O) groups is 1. The number of hydrogen-bond acceptors (Lipinski definition) is 6. The summed E-state index contributed by atoms with van der Waals surface area (Å²) in [5.41, 5.74) is 2.29. The van der Waals surface area contributed by atoms with Crippen molar-refractivity contribution in [2.24, 2.45) is 0 Å². The number of carbonyl (C=O) groups excluding carboxylic acids is 1. The molecular weight excluding hydrogens is 462 g/mol. The number of fused-ring (bicyclic) bond motifs is 1. The minimum atomic E-state index is -0.485. The first-order chi connectivity index (χ1) is 14.9. The number of hydrogen-bond donors (Lipinski definition) is 2. The van der Waals surface area contributed by atoms with E-state index in [2.05, 4.69) is 26.4 Å². The van der Waals surface area contributed by atoms with Crippen LogP contribution in [-0.4, -0.2) is 18.2 Å². The van der Waals surface area contributed by atoms with E-state index >= 15 is 0 Å². The van der Waals surface area contributed by atoms with Gasteiger partial charge in [0.25, 0.3) is 5.91 Å². The average Bonchev–Trinajstić information content (AvgIpc) is 3.11. The van der Waals surface area contributed by atoms with Crippen LogP contribution in [0.5, 0.6) is 5.75 Å². The van der Waals surface area contributed by atoms with Gasteiger partial charge in [0.15, 0.2) is 5.76 Å². The maximum Gasteiger partial charge on any atom is 0.261 e. The normalized spacial score (nSPS) is 11.2. The van der Waals surface area contributed by atoms with E-state index in [0.717, 1.165) is 15.8 Å². The van der Waals surface area contributed by atoms with Gasteiger partial charge in [-0.3, -0.25) is 10.2 Å². The van der Waals surface area contributed by atoms with E-state index in [0.29, 0.717) is 28.1 Å². The van der Waals surface area contributed by atoms with E-state index in [1.165, 1.54) is 0 Å². The third kappa shape index (κ3) is 4.44. The monoisotopic (exact) mass is 479 g/mol. The summed E-state index contributed by atoms with van der Waals surface area (Å²) in [4.78, 5) is 12.9. The number of aryl methyl sites for hydroxylation is 1. The van der Waals surface area contributed by atoms with Crippen LogP contribution in [0.2, 0.25) is 0 Å². The van der Waals surface area contributed by atoms with Crippen molar-refractivity contribution in [1.29, 1.82) is 5.41 Å². The number of rotatable bonds is 5. The van der Waals surface area contributed by atoms with Gasteiger partial charge >= 0.3 is 0 Å². The predicted octanol–water partition coefficient (Wildman–Crippen LogP) is 5.40. The fourth-order valence-electron chi connectivity index (χ4n) is 3.00. The first kappa shape index (κ1) is 20.6. The molecule has 0 fully saturated rings. The van der Waals surface area contributed by atoms with Gasteiger partial charge < -0.3 is 19.0 Å². The van der Waals surface area contributed by atoms with Crippen molar-refractivity contribution in [2.45, 2.75) is 6.92 Å². The van der Waals surface area contributed by atoms with E-state index < -0.39 is 5.91 Å². The third-order valence-corrected chi connectivity index (χ3v) is 5.14. The van der Waals surface area contributed by atoms with Crippen molar-refractivity contribution in [3.63, 3.8) is 0 Å². The number of nitrogens with one attached hydrogen (secondary N) is 2. The molecule has 4 rings (SSSR count). The number of methoxy groups -OCH3 is 1. The molecule has 8 heteroatoms. The van der Waals surface area contributed by atoms with Gasteiger partial charge in [-0.05, 0) is 55.0 Å². The van der Waals surface area contributed by atoms with Crippen LogP contribution in [-0.2, 0) is 0 Å². The molecule has 0 spiro atoms. The van der Waals surface area contributed by atoms with Crippen LogP contribution in [0.3, 0.4) is 0 Å². The van der Waals surface area contributed by atoms with Gasteiger partial charge in [-0.25, -0.2) is 0 Å². The molecule has 2 aromatic carbocycles. The van der Waals surface area contributed by atoms with Gasteiger partial charge in [0.1, 0.15) is 28.3 Å². The van der Waals surface area contributed by atoms with E-state index in [1.54, 1.807) is 32.2 Å². The highest BCUT2D eigenvalue weighted by Crippen LogP contribution is 2.24. The molecule has 0 unspecified atom stereocenters. The molecule has 4 aromatic rings. The summed E-state index contributed by atoms with van der Waals surface area (Å²) in [5.74, 6) is 0.675. The molecule has 0 aliphatic rings. The third-order valence-electron chi connectivity index (χ3n) is 4.64. The quantitative estimate of drug-likeness (QED) is 0.398. The first-order valence-electron chi connectivity index (χ1n) is 9.32. The standard InChI is InChI=1S/C23H18BrN3O4/c1-13-21(20(31-27-13)9-5-14-3-7-17(29-2)8-4-14)26-23(28)18-12-15-11-16(24)6-10-19(15)30-22(18)25/h3-12,25H,1-2H3,(H,26,28)/b9-5+,25-22?. The van der Waals surface area contributed by atoms with E-state index in [9.17, 15) is 4.79 Å². The molecule has 31 heavy (non-hydrogen) atoms. The molecule has 0 aliphatic heterocycles. The highest BCUT2D eigenvalue weighted by Gasteiger charge is 2.18. The van der Waals surface area contributed by atoms with Crippen molar-refractivity contribution < 1.29 is 18.5 Å². The number of halogens is 1. The Morgan fingerprint density at radius 2 is 1.94 bits per heavy atom. The van der Waals surface area contributed by atoms with Gasteiger partial charge in [0.2, 0.25) is 5.55 Å². The van der Waals surface area contributed by atoms with E-state index in [-0.39, 0.29) is 11.1 Å². The molecule has 7 nitrogen and oxygen atoms in total. The maximum atomic E-state index is 12.9. The predicted molar refractivity (Wildman–Crippen MR) is 121 cm³/mol. The van der Waals surface area contributed by atoms with Crippen molar-refractivity contribution in [3.8, 4) is 5.75 Å².